The van der Waals surface area contributed by atoms with Crippen LogP contribution in [0.4, 0.5) is 0 Å². The van der Waals surface area contributed by atoms with Gasteiger partial charge in [0.15, 0.2) is 5.16 Å². The lowest BCUT2D eigenvalue weighted by molar-refractivity contribution is -0.126. The number of hydrogen-bond acceptors (Lipinski definition) is 5. The number of nitrogens with zero attached hydrogens (tertiary/aromatic N) is 4. The van der Waals surface area contributed by atoms with Gasteiger partial charge >= 0.3 is 0 Å². The normalized spacial score (nSPS) is 19.8. The Bertz CT molecular complexity index is 433. The molecule has 1 aliphatic heterocycles. The maximum absolute atomic E-state index is 11.9. The number of carbonyl (C=O) groups excluding carboxylic acids is 1. The van der Waals surface area contributed by atoms with Gasteiger partial charge in [0, 0.05) is 20.1 Å². The molecule has 2 rings (SSSR count). The Balaban J connectivity index is 2.14. The van der Waals surface area contributed by atoms with E-state index in [9.17, 15) is 4.79 Å². The van der Waals surface area contributed by atoms with E-state index in [1.807, 2.05) is 11.6 Å². The summed E-state index contributed by atoms with van der Waals surface area (Å²) in [5.41, 5.74) is 5.64. The van der Waals surface area contributed by atoms with Crippen LogP contribution in [0.1, 0.15) is 25.6 Å². The Labute approximate surface area is 111 Å². The van der Waals surface area contributed by atoms with E-state index in [4.69, 9.17) is 5.73 Å². The van der Waals surface area contributed by atoms with Gasteiger partial charge in [0.25, 0.3) is 0 Å². The summed E-state index contributed by atoms with van der Waals surface area (Å²) in [6.45, 7) is 4.15. The molecule has 2 N–H and O–H groups in total. The summed E-state index contributed by atoms with van der Waals surface area (Å²) < 4.78 is 2.02. The van der Waals surface area contributed by atoms with Gasteiger partial charge in [0.2, 0.25) is 5.91 Å². The average Bonchev–Trinajstić information content (AvgIpc) is 2.89. The first kappa shape index (κ1) is 13.4. The van der Waals surface area contributed by atoms with Crippen LogP contribution in [0.3, 0.4) is 0 Å². The second kappa shape index (κ2) is 5.71. The molecule has 100 valence electrons. The van der Waals surface area contributed by atoms with Crippen molar-refractivity contribution in [2.24, 2.45) is 5.73 Å². The quantitative estimate of drug-likeness (QED) is 0.841. The van der Waals surface area contributed by atoms with E-state index in [0.717, 1.165) is 36.9 Å². The summed E-state index contributed by atoms with van der Waals surface area (Å²) in [7, 11) is 1.84. The first-order chi connectivity index (χ1) is 8.67. The van der Waals surface area contributed by atoms with E-state index in [1.165, 1.54) is 11.8 Å². The predicted molar refractivity (Wildman–Crippen MR) is 70.1 cm³/mol. The van der Waals surface area contributed by atoms with Crippen LogP contribution in [0.15, 0.2) is 5.16 Å². The largest absolute Gasteiger partial charge is 0.345 e. The van der Waals surface area contributed by atoms with E-state index in [1.54, 1.807) is 4.90 Å². The smallest absolute Gasteiger partial charge is 0.235 e. The summed E-state index contributed by atoms with van der Waals surface area (Å²) in [4.78, 5) is 13.6. The highest BCUT2D eigenvalue weighted by atomic mass is 32.2. The van der Waals surface area contributed by atoms with Crippen molar-refractivity contribution < 1.29 is 4.79 Å². The highest BCUT2D eigenvalue weighted by Gasteiger charge is 2.31. The molecule has 1 fully saturated rings. The molecule has 1 amide bonds. The van der Waals surface area contributed by atoms with Crippen LogP contribution in [0.5, 0.6) is 0 Å². The van der Waals surface area contributed by atoms with Gasteiger partial charge in [-0.25, -0.2) is 0 Å². The first-order valence-corrected chi connectivity index (χ1v) is 7.09. The van der Waals surface area contributed by atoms with Crippen LogP contribution in [0.2, 0.25) is 0 Å². The minimum absolute atomic E-state index is 0.0274. The van der Waals surface area contributed by atoms with Crippen molar-refractivity contribution in [2.45, 2.75) is 43.3 Å². The molecule has 2 heterocycles. The third-order valence-electron chi connectivity index (χ3n) is 3.05. The third kappa shape index (κ3) is 2.51. The number of thioether (sulfide) groups is 1. The highest BCUT2D eigenvalue weighted by Crippen LogP contribution is 2.29. The number of aromatic nitrogens is 3. The summed E-state index contributed by atoms with van der Waals surface area (Å²) >= 11 is 1.51. The third-order valence-corrected chi connectivity index (χ3v) is 4.28. The molecule has 18 heavy (non-hydrogen) atoms. The van der Waals surface area contributed by atoms with Gasteiger partial charge in [-0.3, -0.25) is 4.79 Å². The molecule has 1 aromatic heterocycles. The SMILES string of the molecule is CCCn1c(CN)nnc1SC1CCN(C)C1=O. The zero-order chi connectivity index (χ0) is 13.1. The molecule has 0 aromatic carbocycles. The molecule has 0 bridgehead atoms. The maximum atomic E-state index is 11.9. The van der Waals surface area contributed by atoms with Gasteiger partial charge in [-0.2, -0.15) is 0 Å². The molecule has 6 nitrogen and oxygen atoms in total. The van der Waals surface area contributed by atoms with Crippen molar-refractivity contribution in [3.05, 3.63) is 5.82 Å². The number of carbonyl (C=O) groups is 1. The van der Waals surface area contributed by atoms with Crippen molar-refractivity contribution in [1.29, 1.82) is 0 Å². The van der Waals surface area contributed by atoms with Crippen molar-refractivity contribution in [1.82, 2.24) is 19.7 Å². The second-order valence-corrected chi connectivity index (χ2v) is 5.58. The fraction of sp³-hybridized carbons (Fsp3) is 0.727. The maximum Gasteiger partial charge on any atom is 0.235 e. The molecule has 0 aliphatic carbocycles. The lowest BCUT2D eigenvalue weighted by Gasteiger charge is -2.11. The number of rotatable bonds is 5. The van der Waals surface area contributed by atoms with Crippen LogP contribution in [-0.2, 0) is 17.9 Å². The van der Waals surface area contributed by atoms with Crippen molar-refractivity contribution in [3.8, 4) is 0 Å². The summed E-state index contributed by atoms with van der Waals surface area (Å²) in [6.07, 6.45) is 1.87. The van der Waals surface area contributed by atoms with E-state index < -0.39 is 0 Å². The number of nitrogens with two attached hydrogens (primary N) is 1. The van der Waals surface area contributed by atoms with Crippen LogP contribution in [-0.4, -0.2) is 44.4 Å². The predicted octanol–water partition coefficient (Wildman–Crippen LogP) is 0.470. The summed E-state index contributed by atoms with van der Waals surface area (Å²) in [5.74, 6) is 0.971. The fourth-order valence-electron chi connectivity index (χ4n) is 2.03. The summed E-state index contributed by atoms with van der Waals surface area (Å²) in [5, 5.41) is 9.02. The lowest BCUT2D eigenvalue weighted by Crippen LogP contribution is -2.24. The number of likely N-dealkylation sites (tertiary alicyclic amines) is 1. The first-order valence-electron chi connectivity index (χ1n) is 6.21. The minimum Gasteiger partial charge on any atom is -0.345 e. The Morgan fingerprint density at radius 3 is 2.83 bits per heavy atom. The van der Waals surface area contributed by atoms with Crippen molar-refractivity contribution in [3.63, 3.8) is 0 Å². The van der Waals surface area contributed by atoms with E-state index in [0.29, 0.717) is 6.54 Å². The van der Waals surface area contributed by atoms with Gasteiger partial charge in [0.05, 0.1) is 11.8 Å². The fourth-order valence-corrected chi connectivity index (χ4v) is 3.20. The van der Waals surface area contributed by atoms with E-state index >= 15 is 0 Å². The molecular formula is C11H19N5OS. The monoisotopic (exact) mass is 269 g/mol. The minimum atomic E-state index is -0.0274. The standard InChI is InChI=1S/C11H19N5OS/c1-3-5-16-9(7-12)13-14-11(16)18-8-4-6-15(2)10(8)17/h8H,3-7,12H2,1-2H3. The molecule has 0 spiro atoms. The van der Waals surface area contributed by atoms with E-state index in [2.05, 4.69) is 17.1 Å². The molecule has 1 aromatic rings. The number of amides is 1. The van der Waals surface area contributed by atoms with Gasteiger partial charge in [0.1, 0.15) is 5.82 Å². The van der Waals surface area contributed by atoms with Crippen molar-refractivity contribution in [2.75, 3.05) is 13.6 Å². The molecule has 7 heteroatoms. The molecule has 1 aliphatic rings. The van der Waals surface area contributed by atoms with Crippen LogP contribution >= 0.6 is 11.8 Å². The molecule has 1 saturated heterocycles. The van der Waals surface area contributed by atoms with Crippen molar-refractivity contribution >= 4 is 17.7 Å². The van der Waals surface area contributed by atoms with Gasteiger partial charge in [-0.15, -0.1) is 10.2 Å². The van der Waals surface area contributed by atoms with Crippen LogP contribution in [0.25, 0.3) is 0 Å². The van der Waals surface area contributed by atoms with Gasteiger partial charge < -0.3 is 15.2 Å². The zero-order valence-electron chi connectivity index (χ0n) is 10.8. The molecule has 0 saturated carbocycles. The van der Waals surface area contributed by atoms with Gasteiger partial charge in [-0.1, -0.05) is 18.7 Å². The Hall–Kier alpha value is -1.08. The van der Waals surface area contributed by atoms with Crippen LogP contribution < -0.4 is 5.73 Å². The molecular weight excluding hydrogens is 250 g/mol. The second-order valence-electron chi connectivity index (χ2n) is 4.41. The molecule has 1 unspecified atom stereocenters. The number of hydrogen-bond donors (Lipinski definition) is 1. The Morgan fingerprint density at radius 2 is 2.28 bits per heavy atom. The lowest BCUT2D eigenvalue weighted by atomic mass is 10.4. The van der Waals surface area contributed by atoms with Gasteiger partial charge in [-0.05, 0) is 12.8 Å². The van der Waals surface area contributed by atoms with Crippen LogP contribution in [0, 0.1) is 0 Å². The summed E-state index contributed by atoms with van der Waals surface area (Å²) in [6, 6.07) is 0. The van der Waals surface area contributed by atoms with E-state index in [-0.39, 0.29) is 11.2 Å². The molecule has 0 radical (unpaired) electrons. The topological polar surface area (TPSA) is 77.0 Å². The highest BCUT2D eigenvalue weighted by molar-refractivity contribution is 8.00. The zero-order valence-corrected chi connectivity index (χ0v) is 11.6. The Morgan fingerprint density at radius 1 is 1.50 bits per heavy atom. The molecule has 1 atom stereocenters. The average molecular weight is 269 g/mol. The Kier molecular flexibility index (Phi) is 4.23.